The largest absolute Gasteiger partial charge is 0.825 e. The fourth-order valence-corrected chi connectivity index (χ4v) is 3.15. The molecule has 0 fully saturated rings. The Balaban J connectivity index is 2.08. The Morgan fingerprint density at radius 2 is 1.52 bits per heavy atom. The zero-order chi connectivity index (χ0) is 16.0. The molecular formula is C18H15N3O2. The Morgan fingerprint density at radius 3 is 2.00 bits per heavy atom. The highest BCUT2D eigenvalue weighted by molar-refractivity contribution is 6.14. The normalized spacial score (nSPS) is 16.8. The van der Waals surface area contributed by atoms with Crippen LogP contribution in [0.5, 0.6) is 0 Å². The summed E-state index contributed by atoms with van der Waals surface area (Å²) in [6, 6.07) is 15.0. The van der Waals surface area contributed by atoms with Gasteiger partial charge in [0.25, 0.3) is 0 Å². The third kappa shape index (κ3) is 2.04. The predicted molar refractivity (Wildman–Crippen MR) is 84.4 cm³/mol. The maximum absolute atomic E-state index is 12.5. The van der Waals surface area contributed by atoms with Gasteiger partial charge in [0.05, 0.1) is 7.05 Å². The highest BCUT2D eigenvalue weighted by Crippen LogP contribution is 2.26. The third-order valence-corrected chi connectivity index (χ3v) is 4.36. The van der Waals surface area contributed by atoms with Crippen LogP contribution < -0.4 is 5.11 Å². The maximum atomic E-state index is 12.5. The van der Waals surface area contributed by atoms with Gasteiger partial charge in [0.2, 0.25) is 6.02 Å². The van der Waals surface area contributed by atoms with Gasteiger partial charge < -0.3 is 5.11 Å². The summed E-state index contributed by atoms with van der Waals surface area (Å²) in [6.45, 7) is 0. The van der Waals surface area contributed by atoms with Gasteiger partial charge in [-0.3, -0.25) is 0 Å². The van der Waals surface area contributed by atoms with Crippen LogP contribution in [0.25, 0.3) is 0 Å². The van der Waals surface area contributed by atoms with Crippen LogP contribution in [0, 0.1) is 0 Å². The zero-order valence-corrected chi connectivity index (χ0v) is 12.7. The second-order valence-corrected chi connectivity index (χ2v) is 5.70. The highest BCUT2D eigenvalue weighted by Gasteiger charge is 2.36. The van der Waals surface area contributed by atoms with Gasteiger partial charge in [-0.25, -0.2) is 0 Å². The summed E-state index contributed by atoms with van der Waals surface area (Å²) in [5, 5.41) is 15.8. The minimum atomic E-state index is -0.540. The van der Waals surface area contributed by atoms with E-state index in [4.69, 9.17) is 0 Å². The van der Waals surface area contributed by atoms with Gasteiger partial charge in [0, 0.05) is 11.1 Å². The van der Waals surface area contributed by atoms with Gasteiger partial charge in [-0.1, -0.05) is 53.2 Å². The van der Waals surface area contributed by atoms with Gasteiger partial charge in [0.15, 0.2) is 5.71 Å². The minimum absolute atomic E-state index is 0.420. The Hall–Kier alpha value is -2.95. The molecule has 23 heavy (non-hydrogen) atoms. The molecule has 1 aliphatic carbocycles. The molecule has 2 aromatic rings. The summed E-state index contributed by atoms with van der Waals surface area (Å²) in [4.78, 5) is 13.5. The lowest BCUT2D eigenvalue weighted by Gasteiger charge is -2.09. The average Bonchev–Trinajstić information content (AvgIpc) is 2.76. The fourth-order valence-electron chi connectivity index (χ4n) is 3.15. The van der Waals surface area contributed by atoms with Crippen molar-refractivity contribution in [2.75, 3.05) is 7.05 Å². The molecule has 2 aliphatic rings. The van der Waals surface area contributed by atoms with Crippen LogP contribution in [0.2, 0.25) is 0 Å². The first kappa shape index (κ1) is 13.7. The quantitative estimate of drug-likeness (QED) is 0.690. The molecule has 5 heteroatoms. The SMILES string of the molecule is CN1C(=O)[N+](=C2c3ccccc3CCc3ccccc32)N=C1[O-]. The van der Waals surface area contributed by atoms with Crippen LogP contribution >= 0.6 is 0 Å². The van der Waals surface area contributed by atoms with Crippen molar-refractivity contribution in [2.45, 2.75) is 12.8 Å². The first-order chi connectivity index (χ1) is 11.2. The summed E-state index contributed by atoms with van der Waals surface area (Å²) in [5.74, 6) is 0. The summed E-state index contributed by atoms with van der Waals surface area (Å²) >= 11 is 0. The summed E-state index contributed by atoms with van der Waals surface area (Å²) < 4.78 is 1.24. The smallest absolute Gasteiger partial charge is 0.524 e. The number of benzene rings is 2. The first-order valence-electron chi connectivity index (χ1n) is 7.54. The highest BCUT2D eigenvalue weighted by atomic mass is 16.3. The number of rotatable bonds is 0. The number of nitrogens with zero attached hydrogens (tertiary/aromatic N) is 3. The van der Waals surface area contributed by atoms with E-state index in [0.29, 0.717) is 5.71 Å². The number of fused-ring (bicyclic) bond motifs is 2. The monoisotopic (exact) mass is 305 g/mol. The Kier molecular flexibility index (Phi) is 3.01. The average molecular weight is 305 g/mol. The Labute approximate surface area is 133 Å². The number of amidine groups is 1. The predicted octanol–water partition coefficient (Wildman–Crippen LogP) is 1.33. The topological polar surface area (TPSA) is 58.7 Å². The van der Waals surface area contributed by atoms with E-state index in [1.165, 1.54) is 11.7 Å². The standard InChI is InChI=1S/C18H15N3O2/c1-20-17(22)19-21(18(20)23)16-14-8-4-2-6-12(14)10-11-13-7-3-5-9-15(13)16/h2-9H,10-11H2,1H3. The zero-order valence-electron chi connectivity index (χ0n) is 12.7. The number of carbonyl (C=O) groups is 1. The molecule has 1 aliphatic heterocycles. The molecule has 0 aromatic heterocycles. The van der Waals surface area contributed by atoms with Crippen molar-refractivity contribution in [2.24, 2.45) is 5.10 Å². The van der Waals surface area contributed by atoms with Crippen LogP contribution in [0.4, 0.5) is 4.79 Å². The van der Waals surface area contributed by atoms with Crippen molar-refractivity contribution in [3.05, 3.63) is 70.8 Å². The van der Waals surface area contributed by atoms with E-state index in [1.54, 1.807) is 0 Å². The molecule has 114 valence electrons. The molecule has 0 unspecified atom stereocenters. The molecule has 2 amide bonds. The number of aryl methyl sites for hydroxylation is 2. The summed E-state index contributed by atoms with van der Waals surface area (Å²) in [6.07, 6.45) is 1.78. The molecule has 0 saturated heterocycles. The molecular weight excluding hydrogens is 290 g/mol. The number of hydrogen-bond donors (Lipinski definition) is 0. The summed E-state index contributed by atoms with van der Waals surface area (Å²) in [5.41, 5.74) is 4.92. The number of hydrazone groups is 1. The number of carbonyl (C=O) groups excluding carboxylic acids is 1. The van der Waals surface area contributed by atoms with Crippen molar-refractivity contribution >= 4 is 17.8 Å². The van der Waals surface area contributed by atoms with Crippen molar-refractivity contribution in [3.63, 3.8) is 0 Å². The molecule has 0 N–H and O–H groups in total. The minimum Gasteiger partial charge on any atom is -0.825 e. The van der Waals surface area contributed by atoms with Gasteiger partial charge in [0.1, 0.15) is 0 Å². The van der Waals surface area contributed by atoms with Gasteiger partial charge in [-0.15, -0.1) is 0 Å². The van der Waals surface area contributed by atoms with Gasteiger partial charge >= 0.3 is 6.03 Å². The lowest BCUT2D eigenvalue weighted by atomic mass is 9.98. The van der Waals surface area contributed by atoms with Crippen LogP contribution in [-0.4, -0.2) is 34.4 Å². The van der Waals surface area contributed by atoms with E-state index in [9.17, 15) is 9.90 Å². The molecule has 0 saturated carbocycles. The lowest BCUT2D eigenvalue weighted by molar-refractivity contribution is -0.430. The van der Waals surface area contributed by atoms with Crippen molar-refractivity contribution in [1.82, 2.24) is 4.90 Å². The van der Waals surface area contributed by atoms with Gasteiger partial charge in [-0.05, 0) is 29.1 Å². The summed E-state index contributed by atoms with van der Waals surface area (Å²) in [7, 11) is 1.45. The van der Waals surface area contributed by atoms with Crippen molar-refractivity contribution < 1.29 is 14.6 Å². The first-order valence-corrected chi connectivity index (χ1v) is 7.54. The second kappa shape index (κ2) is 5.05. The lowest BCUT2D eigenvalue weighted by Crippen LogP contribution is -2.37. The Bertz CT molecular complexity index is 834. The van der Waals surface area contributed by atoms with Crippen molar-refractivity contribution in [1.29, 1.82) is 0 Å². The second-order valence-electron chi connectivity index (χ2n) is 5.70. The van der Waals surface area contributed by atoms with Crippen LogP contribution in [0.15, 0.2) is 53.6 Å². The molecule has 5 nitrogen and oxygen atoms in total. The number of amides is 2. The maximum Gasteiger partial charge on any atom is 0.524 e. The van der Waals surface area contributed by atoms with Crippen LogP contribution in [0.3, 0.4) is 0 Å². The van der Waals surface area contributed by atoms with E-state index in [0.717, 1.165) is 40.0 Å². The molecule has 0 atom stereocenters. The number of urea groups is 1. The van der Waals surface area contributed by atoms with E-state index in [1.807, 2.05) is 36.4 Å². The Morgan fingerprint density at radius 1 is 1.00 bits per heavy atom. The molecule has 4 rings (SSSR count). The number of hydrogen-bond acceptors (Lipinski definition) is 3. The van der Waals surface area contributed by atoms with Crippen LogP contribution in [-0.2, 0) is 12.8 Å². The third-order valence-electron chi connectivity index (χ3n) is 4.36. The molecule has 0 spiro atoms. The van der Waals surface area contributed by atoms with E-state index < -0.39 is 12.1 Å². The van der Waals surface area contributed by atoms with E-state index in [2.05, 4.69) is 17.2 Å². The molecule has 2 aromatic carbocycles. The molecule has 0 bridgehead atoms. The molecule has 0 radical (unpaired) electrons. The van der Waals surface area contributed by atoms with E-state index >= 15 is 0 Å². The molecule has 1 heterocycles. The van der Waals surface area contributed by atoms with Crippen molar-refractivity contribution in [3.8, 4) is 0 Å². The van der Waals surface area contributed by atoms with Crippen LogP contribution in [0.1, 0.15) is 22.3 Å². The van der Waals surface area contributed by atoms with Gasteiger partial charge in [-0.2, -0.15) is 9.69 Å². The fraction of sp³-hybridized carbons (Fsp3) is 0.167. The van der Waals surface area contributed by atoms with E-state index in [-0.39, 0.29) is 0 Å².